The summed E-state index contributed by atoms with van der Waals surface area (Å²) in [6, 6.07) is 13.7. The van der Waals surface area contributed by atoms with E-state index in [4.69, 9.17) is 9.47 Å². The average molecular weight is 357 g/mol. The number of carbonyl (C=O) groups is 2. The number of rotatable bonds is 8. The van der Waals surface area contributed by atoms with Crippen molar-refractivity contribution in [3.05, 3.63) is 59.7 Å². The van der Waals surface area contributed by atoms with Gasteiger partial charge in [-0.1, -0.05) is 30.3 Å². The monoisotopic (exact) mass is 357 g/mol. The number of hydrogen-bond donors (Lipinski definition) is 2. The Kier molecular flexibility index (Phi) is 6.60. The van der Waals surface area contributed by atoms with Crippen LogP contribution in [0.4, 0.5) is 0 Å². The Bertz CT molecular complexity index is 760. The summed E-state index contributed by atoms with van der Waals surface area (Å²) in [7, 11) is 3.02. The molecule has 0 heterocycles. The Morgan fingerprint density at radius 3 is 2.35 bits per heavy atom. The fraction of sp³-hybridized carbons (Fsp3) is 0.300. The van der Waals surface area contributed by atoms with Gasteiger partial charge >= 0.3 is 5.97 Å². The molecule has 2 N–H and O–H groups in total. The van der Waals surface area contributed by atoms with E-state index in [2.05, 4.69) is 5.32 Å². The largest absolute Gasteiger partial charge is 0.497 e. The van der Waals surface area contributed by atoms with Gasteiger partial charge in [-0.3, -0.25) is 9.59 Å². The van der Waals surface area contributed by atoms with Crippen LogP contribution in [0.15, 0.2) is 48.5 Å². The Morgan fingerprint density at radius 1 is 1.08 bits per heavy atom. The lowest BCUT2D eigenvalue weighted by atomic mass is 9.97. The molecule has 26 heavy (non-hydrogen) atoms. The highest BCUT2D eigenvalue weighted by Gasteiger charge is 2.24. The van der Waals surface area contributed by atoms with Gasteiger partial charge in [-0.15, -0.1) is 0 Å². The molecule has 1 unspecified atom stereocenters. The summed E-state index contributed by atoms with van der Waals surface area (Å²) in [6.45, 7) is 1.79. The fourth-order valence-corrected chi connectivity index (χ4v) is 2.71. The molecule has 138 valence electrons. The highest BCUT2D eigenvalue weighted by Crippen LogP contribution is 2.31. The Hall–Kier alpha value is -3.02. The van der Waals surface area contributed by atoms with Crippen LogP contribution in [0.1, 0.15) is 36.4 Å². The van der Waals surface area contributed by atoms with Crippen molar-refractivity contribution in [2.75, 3.05) is 14.2 Å². The molecule has 0 saturated carbocycles. The Morgan fingerprint density at radius 2 is 1.77 bits per heavy atom. The predicted octanol–water partition coefficient (Wildman–Crippen LogP) is 3.14. The molecule has 0 saturated heterocycles. The summed E-state index contributed by atoms with van der Waals surface area (Å²) < 4.78 is 10.5. The van der Waals surface area contributed by atoms with Crippen LogP contribution in [-0.2, 0) is 9.59 Å². The fourth-order valence-electron chi connectivity index (χ4n) is 2.71. The van der Waals surface area contributed by atoms with E-state index < -0.39 is 17.9 Å². The van der Waals surface area contributed by atoms with E-state index in [-0.39, 0.29) is 12.3 Å². The summed E-state index contributed by atoms with van der Waals surface area (Å²) in [5.41, 5.74) is 1.45. The summed E-state index contributed by atoms with van der Waals surface area (Å²) in [6.07, 6.45) is -0.254. The van der Waals surface area contributed by atoms with Crippen molar-refractivity contribution in [2.45, 2.75) is 25.3 Å². The summed E-state index contributed by atoms with van der Waals surface area (Å²) in [4.78, 5) is 24.0. The molecular weight excluding hydrogens is 334 g/mol. The summed E-state index contributed by atoms with van der Waals surface area (Å²) in [5.74, 6) is -0.621. The van der Waals surface area contributed by atoms with Crippen molar-refractivity contribution >= 4 is 11.9 Å². The Balaban J connectivity index is 2.28. The van der Waals surface area contributed by atoms with Gasteiger partial charge in [0.1, 0.15) is 11.5 Å². The van der Waals surface area contributed by atoms with E-state index in [0.717, 1.165) is 5.56 Å². The summed E-state index contributed by atoms with van der Waals surface area (Å²) in [5, 5.41) is 12.1. The highest BCUT2D eigenvalue weighted by atomic mass is 16.5. The van der Waals surface area contributed by atoms with Crippen molar-refractivity contribution in [1.82, 2.24) is 5.32 Å². The number of ether oxygens (including phenoxy) is 2. The molecule has 0 aromatic heterocycles. The number of methoxy groups -OCH3 is 2. The number of carbonyl (C=O) groups excluding carboxylic acids is 1. The predicted molar refractivity (Wildman–Crippen MR) is 97.5 cm³/mol. The number of hydrogen-bond acceptors (Lipinski definition) is 4. The first-order chi connectivity index (χ1) is 12.5. The molecule has 0 radical (unpaired) electrons. The second kappa shape index (κ2) is 8.89. The zero-order chi connectivity index (χ0) is 19.1. The highest BCUT2D eigenvalue weighted by molar-refractivity contribution is 5.84. The quantitative estimate of drug-likeness (QED) is 0.758. The van der Waals surface area contributed by atoms with Crippen LogP contribution in [0, 0.1) is 0 Å². The van der Waals surface area contributed by atoms with Crippen LogP contribution in [0.2, 0.25) is 0 Å². The van der Waals surface area contributed by atoms with Crippen LogP contribution in [0.5, 0.6) is 11.5 Å². The third-order valence-corrected chi connectivity index (χ3v) is 4.20. The molecule has 2 atom stereocenters. The lowest BCUT2D eigenvalue weighted by Crippen LogP contribution is -2.33. The zero-order valence-electron chi connectivity index (χ0n) is 15.1. The molecule has 2 aromatic rings. The number of nitrogens with one attached hydrogen (secondary N) is 1. The molecule has 6 nitrogen and oxygen atoms in total. The molecule has 6 heteroatoms. The van der Waals surface area contributed by atoms with E-state index in [1.54, 1.807) is 25.1 Å². The molecular formula is C20H23NO5. The van der Waals surface area contributed by atoms with Crippen molar-refractivity contribution in [1.29, 1.82) is 0 Å². The second-order valence-corrected chi connectivity index (χ2v) is 5.90. The Labute approximate surface area is 152 Å². The van der Waals surface area contributed by atoms with E-state index in [9.17, 15) is 14.7 Å². The van der Waals surface area contributed by atoms with Gasteiger partial charge < -0.3 is 19.9 Å². The smallest absolute Gasteiger partial charge is 0.305 e. The number of amides is 1. The van der Waals surface area contributed by atoms with Gasteiger partial charge in [0.2, 0.25) is 5.91 Å². The molecule has 0 aliphatic rings. The molecule has 0 spiro atoms. The number of carboxylic acid groups (broad SMARTS) is 1. The molecule has 0 bridgehead atoms. The minimum atomic E-state index is -1.01. The van der Waals surface area contributed by atoms with Gasteiger partial charge in [0.15, 0.2) is 0 Å². The normalized spacial score (nSPS) is 12.7. The first-order valence-corrected chi connectivity index (χ1v) is 8.25. The van der Waals surface area contributed by atoms with Crippen LogP contribution in [0.3, 0.4) is 0 Å². The third-order valence-electron chi connectivity index (χ3n) is 4.20. The maximum absolute atomic E-state index is 12.7. The van der Waals surface area contributed by atoms with E-state index in [1.807, 2.05) is 30.3 Å². The second-order valence-electron chi connectivity index (χ2n) is 5.90. The maximum atomic E-state index is 12.7. The van der Waals surface area contributed by atoms with E-state index in [0.29, 0.717) is 17.1 Å². The molecule has 1 amide bonds. The average Bonchev–Trinajstić information content (AvgIpc) is 2.66. The minimum Gasteiger partial charge on any atom is -0.497 e. The van der Waals surface area contributed by atoms with E-state index >= 15 is 0 Å². The van der Waals surface area contributed by atoms with Gasteiger partial charge in [-0.2, -0.15) is 0 Å². The number of benzene rings is 2. The SMILES string of the molecule is COc1ccc(C(CC(=O)O)NC(=O)[C@H](C)c2ccccc2)c(OC)c1. The lowest BCUT2D eigenvalue weighted by molar-refractivity contribution is -0.137. The van der Waals surface area contributed by atoms with E-state index in [1.165, 1.54) is 14.2 Å². The van der Waals surface area contributed by atoms with Crippen LogP contribution < -0.4 is 14.8 Å². The summed E-state index contributed by atoms with van der Waals surface area (Å²) >= 11 is 0. The van der Waals surface area contributed by atoms with Crippen LogP contribution in [0.25, 0.3) is 0 Å². The van der Waals surface area contributed by atoms with Gasteiger partial charge in [-0.25, -0.2) is 0 Å². The molecule has 2 rings (SSSR count). The van der Waals surface area contributed by atoms with Crippen LogP contribution in [-0.4, -0.2) is 31.2 Å². The maximum Gasteiger partial charge on any atom is 0.305 e. The van der Waals surface area contributed by atoms with Gasteiger partial charge in [0.25, 0.3) is 0 Å². The van der Waals surface area contributed by atoms with Crippen molar-refractivity contribution in [2.24, 2.45) is 0 Å². The van der Waals surface area contributed by atoms with Gasteiger partial charge in [-0.05, 0) is 24.6 Å². The first kappa shape index (κ1) is 19.3. The third kappa shape index (κ3) is 4.75. The van der Waals surface area contributed by atoms with Crippen molar-refractivity contribution in [3.63, 3.8) is 0 Å². The van der Waals surface area contributed by atoms with Crippen molar-refractivity contribution < 1.29 is 24.2 Å². The first-order valence-electron chi connectivity index (χ1n) is 8.25. The minimum absolute atomic E-state index is 0.250. The van der Waals surface area contributed by atoms with Gasteiger partial charge in [0, 0.05) is 11.6 Å². The lowest BCUT2D eigenvalue weighted by Gasteiger charge is -2.22. The topological polar surface area (TPSA) is 84.9 Å². The zero-order valence-corrected chi connectivity index (χ0v) is 15.1. The molecule has 0 fully saturated rings. The van der Waals surface area contributed by atoms with Crippen LogP contribution >= 0.6 is 0 Å². The van der Waals surface area contributed by atoms with Crippen molar-refractivity contribution in [3.8, 4) is 11.5 Å². The number of aliphatic carboxylic acids is 1. The molecule has 0 aliphatic carbocycles. The molecule has 2 aromatic carbocycles. The van der Waals surface area contributed by atoms with Gasteiger partial charge in [0.05, 0.1) is 32.6 Å². The number of carboxylic acids is 1. The standard InChI is InChI=1S/C20H23NO5/c1-13(14-7-5-4-6-8-14)20(24)21-17(12-19(22)23)16-10-9-15(25-2)11-18(16)26-3/h4-11,13,17H,12H2,1-3H3,(H,21,24)(H,22,23)/t13-,17?/m1/s1. The molecule has 0 aliphatic heterocycles.